The zero-order chi connectivity index (χ0) is 11.7. The first-order valence-corrected chi connectivity index (χ1v) is 6.33. The molecule has 18 heavy (non-hydrogen) atoms. The number of fused-ring (bicyclic) bond motifs is 1. The minimum atomic E-state index is 0. The van der Waals surface area contributed by atoms with Gasteiger partial charge in [-0.1, -0.05) is 53.8 Å². The summed E-state index contributed by atoms with van der Waals surface area (Å²) in [4.78, 5) is 0.607. The van der Waals surface area contributed by atoms with Crippen LogP contribution in [0.2, 0.25) is 0 Å². The van der Waals surface area contributed by atoms with Gasteiger partial charge in [0, 0.05) is 0 Å². The normalized spacial score (nSPS) is 10.2. The van der Waals surface area contributed by atoms with E-state index in [0.717, 1.165) is 12.1 Å². The van der Waals surface area contributed by atoms with Gasteiger partial charge in [0.25, 0.3) is 0 Å². The Morgan fingerprint density at radius 3 is 2.39 bits per heavy atom. The topological polar surface area (TPSA) is 28.8 Å². The van der Waals surface area contributed by atoms with Crippen LogP contribution in [0.4, 0.5) is 0 Å². The lowest BCUT2D eigenvalue weighted by Crippen LogP contribution is -2.13. The predicted molar refractivity (Wildman–Crippen MR) is 78.5 cm³/mol. The molecule has 0 aliphatic rings. The molecule has 0 aliphatic carbocycles. The predicted octanol–water partition coefficient (Wildman–Crippen LogP) is 3.65. The van der Waals surface area contributed by atoms with Gasteiger partial charge in [0.05, 0.1) is 16.8 Å². The highest BCUT2D eigenvalue weighted by molar-refractivity contribution is 7.16. The zero-order valence-corrected chi connectivity index (χ0v) is 11.3. The third-order valence-corrected chi connectivity index (χ3v) is 3.77. The van der Waals surface area contributed by atoms with Crippen molar-refractivity contribution in [1.82, 2.24) is 4.57 Å². The monoisotopic (exact) mass is 276 g/mol. The Hall–Kier alpha value is -1.58. The number of hydrogen-bond acceptors (Lipinski definition) is 2. The first kappa shape index (κ1) is 12.9. The fourth-order valence-electron chi connectivity index (χ4n) is 1.96. The highest BCUT2D eigenvalue weighted by atomic mass is 35.5. The van der Waals surface area contributed by atoms with Crippen LogP contribution in [-0.2, 0) is 6.54 Å². The van der Waals surface area contributed by atoms with E-state index in [2.05, 4.69) is 28.8 Å². The van der Waals surface area contributed by atoms with Gasteiger partial charge >= 0.3 is 0 Å². The van der Waals surface area contributed by atoms with E-state index in [-0.39, 0.29) is 12.4 Å². The Kier molecular flexibility index (Phi) is 3.84. The molecule has 0 saturated heterocycles. The van der Waals surface area contributed by atoms with Crippen molar-refractivity contribution in [3.05, 3.63) is 65.0 Å². The molecule has 0 spiro atoms. The molecule has 3 rings (SSSR count). The number of nitrogens with zero attached hydrogens (tertiary/aromatic N) is 1. The van der Waals surface area contributed by atoms with Crippen LogP contribution < -0.4 is 4.80 Å². The van der Waals surface area contributed by atoms with Crippen LogP contribution in [0.1, 0.15) is 5.56 Å². The summed E-state index contributed by atoms with van der Waals surface area (Å²) >= 11 is 1.53. The van der Waals surface area contributed by atoms with Crippen molar-refractivity contribution in [2.24, 2.45) is 0 Å². The molecule has 0 fully saturated rings. The standard InChI is InChI=1S/C14H12N2S.ClH/c15-14-16(10-11-6-2-1-3-7-11)12-8-4-5-9-13(12)17-14;/h1-9,15H,10H2;1H. The Bertz CT molecular complexity index is 700. The maximum absolute atomic E-state index is 8.03. The van der Waals surface area contributed by atoms with E-state index in [1.165, 1.54) is 21.6 Å². The summed E-state index contributed by atoms with van der Waals surface area (Å²) in [6, 6.07) is 18.5. The molecule has 0 amide bonds. The van der Waals surface area contributed by atoms with Gasteiger partial charge in [0.1, 0.15) is 0 Å². The van der Waals surface area contributed by atoms with Crippen LogP contribution in [0, 0.1) is 5.41 Å². The molecule has 0 saturated carbocycles. The quantitative estimate of drug-likeness (QED) is 0.740. The second kappa shape index (κ2) is 5.38. The fraction of sp³-hybridized carbons (Fsp3) is 0.0714. The molecule has 0 radical (unpaired) electrons. The van der Waals surface area contributed by atoms with Crippen LogP contribution in [-0.4, -0.2) is 4.57 Å². The molecule has 4 heteroatoms. The summed E-state index contributed by atoms with van der Waals surface area (Å²) in [7, 11) is 0. The van der Waals surface area contributed by atoms with Crippen LogP contribution in [0.3, 0.4) is 0 Å². The molecule has 2 nitrogen and oxygen atoms in total. The minimum absolute atomic E-state index is 0. The highest BCUT2D eigenvalue weighted by Crippen LogP contribution is 2.17. The van der Waals surface area contributed by atoms with E-state index < -0.39 is 0 Å². The summed E-state index contributed by atoms with van der Waals surface area (Å²) in [6.07, 6.45) is 0. The molecule has 92 valence electrons. The second-order valence-electron chi connectivity index (χ2n) is 3.95. The van der Waals surface area contributed by atoms with Gasteiger partial charge in [-0.05, 0) is 17.7 Å². The van der Waals surface area contributed by atoms with Crippen molar-refractivity contribution in [3.8, 4) is 0 Å². The van der Waals surface area contributed by atoms with Gasteiger partial charge in [0.2, 0.25) is 0 Å². The van der Waals surface area contributed by atoms with Crippen molar-refractivity contribution in [2.45, 2.75) is 6.54 Å². The molecule has 0 aliphatic heterocycles. The lowest BCUT2D eigenvalue weighted by Gasteiger charge is -2.04. The molecule has 2 aromatic carbocycles. The Labute approximate surface area is 115 Å². The fourth-order valence-corrected chi connectivity index (χ4v) is 2.87. The van der Waals surface area contributed by atoms with E-state index >= 15 is 0 Å². The summed E-state index contributed by atoms with van der Waals surface area (Å²) in [6.45, 7) is 0.768. The third-order valence-electron chi connectivity index (χ3n) is 2.79. The average Bonchev–Trinajstić information content (AvgIpc) is 2.68. The summed E-state index contributed by atoms with van der Waals surface area (Å²) in [5, 5.41) is 8.03. The summed E-state index contributed by atoms with van der Waals surface area (Å²) < 4.78 is 3.23. The van der Waals surface area contributed by atoms with Crippen molar-refractivity contribution >= 4 is 34.0 Å². The molecule has 0 bridgehead atoms. The van der Waals surface area contributed by atoms with Gasteiger partial charge in [-0.3, -0.25) is 5.41 Å². The Morgan fingerprint density at radius 1 is 0.944 bits per heavy atom. The van der Waals surface area contributed by atoms with Gasteiger partial charge < -0.3 is 4.57 Å². The third kappa shape index (κ3) is 2.33. The molecular weight excluding hydrogens is 264 g/mol. The molecule has 1 N–H and O–H groups in total. The maximum Gasteiger partial charge on any atom is 0.183 e. The number of aromatic nitrogens is 1. The van der Waals surface area contributed by atoms with Crippen molar-refractivity contribution < 1.29 is 0 Å². The lowest BCUT2D eigenvalue weighted by molar-refractivity contribution is 0.789. The van der Waals surface area contributed by atoms with E-state index in [1.807, 2.05) is 30.3 Å². The number of nitrogens with one attached hydrogen (secondary N) is 1. The molecule has 0 unspecified atom stereocenters. The Morgan fingerprint density at radius 2 is 1.61 bits per heavy atom. The first-order valence-electron chi connectivity index (χ1n) is 5.51. The number of hydrogen-bond donors (Lipinski definition) is 1. The van der Waals surface area contributed by atoms with Gasteiger partial charge in [-0.25, -0.2) is 0 Å². The van der Waals surface area contributed by atoms with Crippen LogP contribution in [0.15, 0.2) is 54.6 Å². The summed E-state index contributed by atoms with van der Waals surface area (Å²) in [5.74, 6) is 0. The van der Waals surface area contributed by atoms with Crippen molar-refractivity contribution in [3.63, 3.8) is 0 Å². The van der Waals surface area contributed by atoms with Gasteiger partial charge in [-0.15, -0.1) is 12.4 Å². The van der Waals surface area contributed by atoms with E-state index in [0.29, 0.717) is 4.80 Å². The maximum atomic E-state index is 8.03. The second-order valence-corrected chi connectivity index (χ2v) is 4.98. The number of thiazole rings is 1. The molecule has 1 aromatic heterocycles. The number of benzene rings is 2. The van der Waals surface area contributed by atoms with E-state index in [1.54, 1.807) is 0 Å². The Balaban J connectivity index is 0.00000120. The minimum Gasteiger partial charge on any atom is -0.312 e. The smallest absolute Gasteiger partial charge is 0.183 e. The van der Waals surface area contributed by atoms with E-state index in [9.17, 15) is 0 Å². The van der Waals surface area contributed by atoms with Crippen LogP contribution in [0.25, 0.3) is 10.2 Å². The SMILES string of the molecule is Cl.N=c1sc2ccccc2n1Cc1ccccc1. The number of halogens is 1. The van der Waals surface area contributed by atoms with Crippen molar-refractivity contribution in [2.75, 3.05) is 0 Å². The highest BCUT2D eigenvalue weighted by Gasteiger charge is 2.04. The first-order chi connectivity index (χ1) is 8.34. The molecule has 1 heterocycles. The zero-order valence-electron chi connectivity index (χ0n) is 9.67. The average molecular weight is 277 g/mol. The number of rotatable bonds is 2. The largest absolute Gasteiger partial charge is 0.312 e. The van der Waals surface area contributed by atoms with Crippen molar-refractivity contribution in [1.29, 1.82) is 5.41 Å². The van der Waals surface area contributed by atoms with Crippen LogP contribution in [0.5, 0.6) is 0 Å². The van der Waals surface area contributed by atoms with Crippen LogP contribution >= 0.6 is 23.7 Å². The molecule has 0 atom stereocenters. The lowest BCUT2D eigenvalue weighted by atomic mass is 10.2. The molecular formula is C14H13ClN2S. The van der Waals surface area contributed by atoms with E-state index in [4.69, 9.17) is 5.41 Å². The van der Waals surface area contributed by atoms with Gasteiger partial charge in [0.15, 0.2) is 4.80 Å². The number of para-hydroxylation sites is 1. The summed E-state index contributed by atoms with van der Waals surface area (Å²) in [5.41, 5.74) is 2.38. The van der Waals surface area contributed by atoms with Gasteiger partial charge in [-0.2, -0.15) is 0 Å². The molecule has 3 aromatic rings.